The number of fused-ring (bicyclic) bond motifs is 1. The van der Waals surface area contributed by atoms with Crippen LogP contribution >= 0.6 is 11.3 Å². The number of benzene rings is 2. The van der Waals surface area contributed by atoms with Crippen LogP contribution in [-0.4, -0.2) is 35.5 Å². The van der Waals surface area contributed by atoms with E-state index in [0.717, 1.165) is 46.0 Å². The van der Waals surface area contributed by atoms with Crippen molar-refractivity contribution < 1.29 is 9.53 Å². The predicted octanol–water partition coefficient (Wildman–Crippen LogP) is 4.47. The summed E-state index contributed by atoms with van der Waals surface area (Å²) in [5.74, 6) is 0.952. The zero-order chi connectivity index (χ0) is 18.8. The van der Waals surface area contributed by atoms with Crippen LogP contribution < -0.4 is 10.1 Å². The molecule has 0 radical (unpaired) electrons. The predicted molar refractivity (Wildman–Crippen MR) is 109 cm³/mol. The molecule has 3 aromatic rings. The number of hydrogen-bond donors (Lipinski definition) is 1. The smallest absolute Gasteiger partial charge is 0.245 e. The van der Waals surface area contributed by atoms with Gasteiger partial charge in [-0.3, -0.25) is 4.79 Å². The number of ether oxygens (including phenoxy) is 1. The molecule has 0 aliphatic carbocycles. The number of nitrogens with one attached hydrogen (secondary N) is 1. The van der Waals surface area contributed by atoms with Gasteiger partial charge in [-0.15, -0.1) is 0 Å². The van der Waals surface area contributed by atoms with Gasteiger partial charge in [-0.25, -0.2) is 4.98 Å². The molecule has 2 aromatic carbocycles. The van der Waals surface area contributed by atoms with Crippen molar-refractivity contribution >= 4 is 32.6 Å². The summed E-state index contributed by atoms with van der Waals surface area (Å²) in [6, 6.07) is 15.9. The summed E-state index contributed by atoms with van der Waals surface area (Å²) in [6.45, 7) is 2.71. The number of amides is 1. The minimum absolute atomic E-state index is 0.118. The summed E-state index contributed by atoms with van der Waals surface area (Å²) in [4.78, 5) is 19.7. The standard InChI is InChI=1S/C21H23N3O2S/c1-14(22-21-23-17-6-3-4-8-19(17)27-21)20(25)24-13-5-7-18(24)15-9-11-16(26-2)12-10-15/h3-4,6,8-12,14,18H,5,7,13H2,1-2H3,(H,22,23). The SMILES string of the molecule is COc1ccc(C2CCCN2C(=O)C(C)Nc2nc3ccccc3s2)cc1. The highest BCUT2D eigenvalue weighted by Gasteiger charge is 2.32. The van der Waals surface area contributed by atoms with Crippen LogP contribution in [0.3, 0.4) is 0 Å². The summed E-state index contributed by atoms with van der Waals surface area (Å²) >= 11 is 1.58. The van der Waals surface area contributed by atoms with Gasteiger partial charge in [0.25, 0.3) is 0 Å². The Labute approximate surface area is 163 Å². The Morgan fingerprint density at radius 3 is 2.78 bits per heavy atom. The molecule has 2 atom stereocenters. The highest BCUT2D eigenvalue weighted by Crippen LogP contribution is 2.34. The van der Waals surface area contributed by atoms with Crippen LogP contribution in [0.5, 0.6) is 5.75 Å². The van der Waals surface area contributed by atoms with Gasteiger partial charge in [0.2, 0.25) is 5.91 Å². The van der Waals surface area contributed by atoms with Crippen LogP contribution in [0.15, 0.2) is 48.5 Å². The van der Waals surface area contributed by atoms with E-state index in [4.69, 9.17) is 4.74 Å². The maximum atomic E-state index is 13.1. The topological polar surface area (TPSA) is 54.5 Å². The van der Waals surface area contributed by atoms with Crippen molar-refractivity contribution in [2.45, 2.75) is 31.8 Å². The van der Waals surface area contributed by atoms with Gasteiger partial charge in [-0.1, -0.05) is 35.6 Å². The van der Waals surface area contributed by atoms with Crippen molar-refractivity contribution in [3.05, 3.63) is 54.1 Å². The van der Waals surface area contributed by atoms with Gasteiger partial charge in [0.15, 0.2) is 5.13 Å². The molecule has 0 spiro atoms. The van der Waals surface area contributed by atoms with Gasteiger partial charge in [0.05, 0.1) is 23.4 Å². The molecule has 1 aliphatic heterocycles. The third-order valence-electron chi connectivity index (χ3n) is 5.04. The zero-order valence-electron chi connectivity index (χ0n) is 15.5. The number of carbonyl (C=O) groups is 1. The normalized spacial score (nSPS) is 17.9. The Morgan fingerprint density at radius 2 is 2.04 bits per heavy atom. The molecule has 1 aromatic heterocycles. The number of para-hydroxylation sites is 1. The van der Waals surface area contributed by atoms with Crippen molar-refractivity contribution in [2.24, 2.45) is 0 Å². The Bertz CT molecular complexity index is 905. The third-order valence-corrected chi connectivity index (χ3v) is 6.01. The Hall–Kier alpha value is -2.60. The molecular weight excluding hydrogens is 358 g/mol. The number of nitrogens with zero attached hydrogens (tertiary/aromatic N) is 2. The van der Waals surface area contributed by atoms with Crippen LogP contribution in [0.4, 0.5) is 5.13 Å². The molecule has 1 saturated heterocycles. The summed E-state index contributed by atoms with van der Waals surface area (Å²) < 4.78 is 6.36. The largest absolute Gasteiger partial charge is 0.497 e. The summed E-state index contributed by atoms with van der Waals surface area (Å²) in [6.07, 6.45) is 2.02. The van der Waals surface area contributed by atoms with Crippen molar-refractivity contribution in [1.82, 2.24) is 9.88 Å². The lowest BCUT2D eigenvalue weighted by atomic mass is 10.0. The van der Waals surface area contributed by atoms with Crippen molar-refractivity contribution in [1.29, 1.82) is 0 Å². The number of methoxy groups -OCH3 is 1. The number of aromatic nitrogens is 1. The lowest BCUT2D eigenvalue weighted by molar-refractivity contribution is -0.132. The number of anilines is 1. The average Bonchev–Trinajstić information content (AvgIpc) is 3.34. The Kier molecular flexibility index (Phi) is 4.99. The number of likely N-dealkylation sites (tertiary alicyclic amines) is 1. The molecule has 2 heterocycles. The van der Waals surface area contributed by atoms with Crippen molar-refractivity contribution in [2.75, 3.05) is 19.0 Å². The lowest BCUT2D eigenvalue weighted by Gasteiger charge is -2.28. The van der Waals surface area contributed by atoms with E-state index in [2.05, 4.69) is 22.4 Å². The summed E-state index contributed by atoms with van der Waals surface area (Å²) in [5, 5.41) is 4.08. The molecule has 6 heteroatoms. The van der Waals surface area contributed by atoms with Crippen LogP contribution in [0.1, 0.15) is 31.4 Å². The highest BCUT2D eigenvalue weighted by atomic mass is 32.1. The monoisotopic (exact) mass is 381 g/mol. The molecule has 1 amide bonds. The van der Waals surface area contributed by atoms with Crippen LogP contribution in [0.2, 0.25) is 0 Å². The first-order valence-corrected chi connectivity index (χ1v) is 10.0. The summed E-state index contributed by atoms with van der Waals surface area (Å²) in [7, 11) is 1.66. The molecule has 1 N–H and O–H groups in total. The first kappa shape index (κ1) is 17.8. The molecule has 1 aliphatic rings. The van der Waals surface area contributed by atoms with Gasteiger partial charge in [0.1, 0.15) is 11.8 Å². The molecule has 0 saturated carbocycles. The third kappa shape index (κ3) is 3.62. The van der Waals surface area contributed by atoms with Gasteiger partial charge < -0.3 is 15.0 Å². The maximum Gasteiger partial charge on any atom is 0.245 e. The van der Waals surface area contributed by atoms with Crippen LogP contribution in [-0.2, 0) is 4.79 Å². The quantitative estimate of drug-likeness (QED) is 0.708. The van der Waals surface area contributed by atoms with Gasteiger partial charge in [-0.05, 0) is 49.6 Å². The fourth-order valence-corrected chi connectivity index (χ4v) is 4.59. The second kappa shape index (κ2) is 7.56. The van der Waals surface area contributed by atoms with Gasteiger partial charge in [-0.2, -0.15) is 0 Å². The van der Waals surface area contributed by atoms with E-state index >= 15 is 0 Å². The number of thiazole rings is 1. The first-order valence-electron chi connectivity index (χ1n) is 9.22. The minimum atomic E-state index is -0.315. The number of carbonyl (C=O) groups excluding carboxylic acids is 1. The second-order valence-electron chi connectivity index (χ2n) is 6.82. The van der Waals surface area contributed by atoms with E-state index in [9.17, 15) is 4.79 Å². The number of rotatable bonds is 5. The minimum Gasteiger partial charge on any atom is -0.497 e. The van der Waals surface area contributed by atoms with Crippen molar-refractivity contribution in [3.63, 3.8) is 0 Å². The van der Waals surface area contributed by atoms with E-state index in [0.29, 0.717) is 0 Å². The van der Waals surface area contributed by atoms with E-state index in [1.54, 1.807) is 18.4 Å². The van der Waals surface area contributed by atoms with E-state index in [-0.39, 0.29) is 18.0 Å². The Morgan fingerprint density at radius 1 is 1.26 bits per heavy atom. The van der Waals surface area contributed by atoms with Gasteiger partial charge in [0, 0.05) is 6.54 Å². The molecule has 5 nitrogen and oxygen atoms in total. The molecule has 140 valence electrons. The molecule has 2 unspecified atom stereocenters. The lowest BCUT2D eigenvalue weighted by Crippen LogP contribution is -2.41. The van der Waals surface area contributed by atoms with Crippen molar-refractivity contribution in [3.8, 4) is 5.75 Å². The molecule has 4 rings (SSSR count). The van der Waals surface area contributed by atoms with E-state index < -0.39 is 0 Å². The van der Waals surface area contributed by atoms with Crippen LogP contribution in [0.25, 0.3) is 10.2 Å². The van der Waals surface area contributed by atoms with E-state index in [1.807, 2.05) is 48.2 Å². The summed E-state index contributed by atoms with van der Waals surface area (Å²) in [5.41, 5.74) is 2.12. The van der Waals surface area contributed by atoms with E-state index in [1.165, 1.54) is 0 Å². The van der Waals surface area contributed by atoms with Crippen LogP contribution in [0, 0.1) is 0 Å². The fourth-order valence-electron chi connectivity index (χ4n) is 3.63. The highest BCUT2D eigenvalue weighted by molar-refractivity contribution is 7.22. The first-order chi connectivity index (χ1) is 13.2. The molecule has 27 heavy (non-hydrogen) atoms. The average molecular weight is 382 g/mol. The molecule has 1 fully saturated rings. The zero-order valence-corrected chi connectivity index (χ0v) is 16.3. The van der Waals surface area contributed by atoms with Gasteiger partial charge >= 0.3 is 0 Å². The second-order valence-corrected chi connectivity index (χ2v) is 7.85. The molecular formula is C21H23N3O2S. The molecule has 0 bridgehead atoms. The number of hydrogen-bond acceptors (Lipinski definition) is 5. The maximum absolute atomic E-state index is 13.1. The fraction of sp³-hybridized carbons (Fsp3) is 0.333. The Balaban J connectivity index is 1.48.